The Bertz CT molecular complexity index is 4060. The van der Waals surface area contributed by atoms with Gasteiger partial charge in [0.2, 0.25) is 0 Å². The largest absolute Gasteiger partial charge is 0.228 e. The molecular formula is C66H42N2S. The van der Waals surface area contributed by atoms with Gasteiger partial charge in [-0.05, 0) is 126 Å². The van der Waals surface area contributed by atoms with Crippen molar-refractivity contribution in [2.75, 3.05) is 0 Å². The lowest BCUT2D eigenvalue weighted by atomic mass is 9.87. The molecule has 2 nitrogen and oxygen atoms in total. The van der Waals surface area contributed by atoms with Gasteiger partial charge in [0.15, 0.2) is 5.82 Å². The molecular weight excluding hydrogens is 853 g/mol. The molecule has 0 amide bonds. The third-order valence-electron chi connectivity index (χ3n) is 13.5. The average molecular weight is 895 g/mol. The van der Waals surface area contributed by atoms with Crippen LogP contribution in [0.2, 0.25) is 0 Å². The maximum absolute atomic E-state index is 5.42. The predicted molar refractivity (Wildman–Crippen MR) is 293 cm³/mol. The van der Waals surface area contributed by atoms with E-state index in [0.717, 1.165) is 55.7 Å². The molecule has 0 radical (unpaired) electrons. The van der Waals surface area contributed by atoms with E-state index >= 15 is 0 Å². The molecule has 0 spiro atoms. The van der Waals surface area contributed by atoms with E-state index in [-0.39, 0.29) is 0 Å². The van der Waals surface area contributed by atoms with Crippen LogP contribution in [0.5, 0.6) is 0 Å². The third-order valence-corrected chi connectivity index (χ3v) is 14.7. The molecule has 3 heteroatoms. The van der Waals surface area contributed by atoms with Crippen LogP contribution in [0.3, 0.4) is 0 Å². The molecule has 0 aliphatic heterocycles. The molecule has 0 bridgehead atoms. The van der Waals surface area contributed by atoms with Crippen molar-refractivity contribution in [3.8, 4) is 89.5 Å². The molecule has 0 unspecified atom stereocenters. The topological polar surface area (TPSA) is 25.8 Å². The SMILES string of the molecule is c1ccc(-c2cc(-c3cccc(-c4cc(-c5cccc6c5sc5ccc7ccccc7c56)nc(-c5ccc6ccccc6c5)n4)c3)cc(-c3cc(-c4ccccc4)ccc3-c3ccccc3)c2)cc1. The van der Waals surface area contributed by atoms with E-state index in [1.807, 2.05) is 11.3 Å². The van der Waals surface area contributed by atoms with Crippen LogP contribution in [-0.2, 0) is 0 Å². The Morgan fingerprint density at radius 3 is 1.61 bits per heavy atom. The lowest BCUT2D eigenvalue weighted by Crippen LogP contribution is -1.96. The van der Waals surface area contributed by atoms with Gasteiger partial charge in [0.05, 0.1) is 11.4 Å². The summed E-state index contributed by atoms with van der Waals surface area (Å²) in [5.41, 5.74) is 16.5. The molecule has 0 aliphatic rings. The van der Waals surface area contributed by atoms with E-state index < -0.39 is 0 Å². The second-order valence-corrected chi connectivity index (χ2v) is 18.8. The van der Waals surface area contributed by atoms with Gasteiger partial charge in [-0.2, -0.15) is 0 Å². The highest BCUT2D eigenvalue weighted by Crippen LogP contribution is 2.44. The molecule has 0 fully saturated rings. The van der Waals surface area contributed by atoms with E-state index in [9.17, 15) is 0 Å². The molecule has 13 aromatic rings. The van der Waals surface area contributed by atoms with Crippen LogP contribution < -0.4 is 0 Å². The van der Waals surface area contributed by atoms with Crippen LogP contribution in [0.1, 0.15) is 0 Å². The van der Waals surface area contributed by atoms with Gasteiger partial charge < -0.3 is 0 Å². The number of hydrogen-bond acceptors (Lipinski definition) is 3. The summed E-state index contributed by atoms with van der Waals surface area (Å²) in [6.07, 6.45) is 0. The average Bonchev–Trinajstić information content (AvgIpc) is 3.83. The maximum atomic E-state index is 5.42. The molecule has 69 heavy (non-hydrogen) atoms. The highest BCUT2D eigenvalue weighted by Gasteiger charge is 2.19. The van der Waals surface area contributed by atoms with Gasteiger partial charge >= 0.3 is 0 Å². The fourth-order valence-electron chi connectivity index (χ4n) is 10.0. The van der Waals surface area contributed by atoms with Crippen LogP contribution in [0, 0.1) is 0 Å². The van der Waals surface area contributed by atoms with Crippen molar-refractivity contribution >= 4 is 53.1 Å². The zero-order valence-corrected chi connectivity index (χ0v) is 38.4. The molecule has 0 saturated carbocycles. The zero-order chi connectivity index (χ0) is 45.7. The Balaban J connectivity index is 0.999. The van der Waals surface area contributed by atoms with Crippen molar-refractivity contribution in [3.05, 3.63) is 255 Å². The predicted octanol–water partition coefficient (Wildman–Crippen LogP) is 18.5. The standard InChI is InChI=1S/C66H42N2S/c1-4-16-43(17-5-1)50-32-34-56(46-21-8-3-9-22-46)60(41-50)55-39-53(44-18-6-2-7-19-44)38-54(40-55)49-25-14-26-51(36-49)61-42-62(68-66(67-61)52-31-30-45-20-10-11-24-48(45)37-52)58-28-15-29-59-64-57-27-13-12-23-47(57)33-35-63(64)69-65(58)59/h1-42H. The summed E-state index contributed by atoms with van der Waals surface area (Å²) < 4.78 is 2.50. The highest BCUT2D eigenvalue weighted by molar-refractivity contribution is 7.26. The van der Waals surface area contributed by atoms with Gasteiger partial charge in [0.1, 0.15) is 0 Å². The van der Waals surface area contributed by atoms with Crippen molar-refractivity contribution in [3.63, 3.8) is 0 Å². The van der Waals surface area contributed by atoms with Gasteiger partial charge in [-0.15, -0.1) is 11.3 Å². The normalized spacial score (nSPS) is 11.5. The van der Waals surface area contributed by atoms with E-state index in [2.05, 4.69) is 255 Å². The maximum Gasteiger partial charge on any atom is 0.160 e. The molecule has 0 saturated heterocycles. The quantitative estimate of drug-likeness (QED) is 0.152. The summed E-state index contributed by atoms with van der Waals surface area (Å²) in [5.74, 6) is 0.697. The number of aromatic nitrogens is 2. The molecule has 0 N–H and O–H groups in total. The molecule has 13 rings (SSSR count). The number of hydrogen-bond donors (Lipinski definition) is 0. The molecule has 2 aromatic heterocycles. The second kappa shape index (κ2) is 17.2. The van der Waals surface area contributed by atoms with E-state index in [1.54, 1.807) is 0 Å². The molecule has 0 aliphatic carbocycles. The minimum Gasteiger partial charge on any atom is -0.228 e. The Labute approximate surface area is 405 Å². The first-order valence-corrected chi connectivity index (χ1v) is 24.3. The van der Waals surface area contributed by atoms with Gasteiger partial charge in [-0.25, -0.2) is 9.97 Å². The second-order valence-electron chi connectivity index (χ2n) is 17.7. The van der Waals surface area contributed by atoms with Crippen LogP contribution in [0.25, 0.3) is 131 Å². The molecule has 322 valence electrons. The molecule has 11 aromatic carbocycles. The van der Waals surface area contributed by atoms with Crippen LogP contribution >= 0.6 is 11.3 Å². The first-order chi connectivity index (χ1) is 34.2. The number of nitrogens with zero attached hydrogens (tertiary/aromatic N) is 2. The first kappa shape index (κ1) is 40.5. The van der Waals surface area contributed by atoms with Crippen LogP contribution in [0.4, 0.5) is 0 Å². The van der Waals surface area contributed by atoms with Gasteiger partial charge in [0, 0.05) is 36.9 Å². The van der Waals surface area contributed by atoms with Crippen LogP contribution in [-0.4, -0.2) is 9.97 Å². The smallest absolute Gasteiger partial charge is 0.160 e. The van der Waals surface area contributed by atoms with Gasteiger partial charge in [-0.1, -0.05) is 206 Å². The minimum absolute atomic E-state index is 0.697. The Hall–Kier alpha value is -8.76. The van der Waals surface area contributed by atoms with E-state index in [0.29, 0.717) is 5.82 Å². The fourth-order valence-corrected chi connectivity index (χ4v) is 11.3. The molecule has 0 atom stereocenters. The van der Waals surface area contributed by atoms with Crippen molar-refractivity contribution in [2.45, 2.75) is 0 Å². The number of rotatable bonds is 8. The van der Waals surface area contributed by atoms with Crippen molar-refractivity contribution in [2.24, 2.45) is 0 Å². The van der Waals surface area contributed by atoms with Crippen molar-refractivity contribution in [1.29, 1.82) is 0 Å². The summed E-state index contributed by atoms with van der Waals surface area (Å²) in [6, 6.07) is 92.0. The summed E-state index contributed by atoms with van der Waals surface area (Å²) in [6.45, 7) is 0. The summed E-state index contributed by atoms with van der Waals surface area (Å²) in [4.78, 5) is 10.8. The minimum atomic E-state index is 0.697. The lowest BCUT2D eigenvalue weighted by molar-refractivity contribution is 1.19. The van der Waals surface area contributed by atoms with Gasteiger partial charge in [-0.3, -0.25) is 0 Å². The number of benzene rings is 11. The van der Waals surface area contributed by atoms with E-state index in [1.165, 1.54) is 69.7 Å². The lowest BCUT2D eigenvalue weighted by Gasteiger charge is -2.17. The van der Waals surface area contributed by atoms with Crippen LogP contribution in [0.15, 0.2) is 255 Å². The monoisotopic (exact) mass is 894 g/mol. The number of fused-ring (bicyclic) bond motifs is 6. The molecule has 2 heterocycles. The summed E-state index contributed by atoms with van der Waals surface area (Å²) in [7, 11) is 0. The van der Waals surface area contributed by atoms with Gasteiger partial charge in [0.25, 0.3) is 0 Å². The van der Waals surface area contributed by atoms with E-state index in [4.69, 9.17) is 9.97 Å². The van der Waals surface area contributed by atoms with Crippen molar-refractivity contribution in [1.82, 2.24) is 9.97 Å². The third kappa shape index (κ3) is 7.56. The first-order valence-electron chi connectivity index (χ1n) is 23.5. The Kier molecular flexibility index (Phi) is 10.1. The highest BCUT2D eigenvalue weighted by atomic mass is 32.1. The summed E-state index contributed by atoms with van der Waals surface area (Å²) >= 11 is 1.84. The zero-order valence-electron chi connectivity index (χ0n) is 37.6. The van der Waals surface area contributed by atoms with Crippen molar-refractivity contribution < 1.29 is 0 Å². The fraction of sp³-hybridized carbons (Fsp3) is 0. The number of thiophene rings is 1. The summed E-state index contributed by atoms with van der Waals surface area (Å²) in [5, 5.41) is 7.41. The Morgan fingerprint density at radius 1 is 0.261 bits per heavy atom. The Morgan fingerprint density at radius 2 is 0.812 bits per heavy atom.